The zero-order valence-corrected chi connectivity index (χ0v) is 11.6. The molecule has 1 aromatic heterocycles. The first-order valence-corrected chi connectivity index (χ1v) is 6.56. The number of rotatable bonds is 8. The van der Waals surface area contributed by atoms with E-state index in [9.17, 15) is 0 Å². The van der Waals surface area contributed by atoms with E-state index in [-0.39, 0.29) is 0 Å². The normalized spacial score (nSPS) is 11.6. The molecule has 0 aliphatic heterocycles. The summed E-state index contributed by atoms with van der Waals surface area (Å²) in [6.07, 6.45) is 4.34. The van der Waals surface area contributed by atoms with Crippen molar-refractivity contribution in [1.29, 1.82) is 0 Å². The number of hydrogen-bond acceptors (Lipinski definition) is 2. The van der Waals surface area contributed by atoms with Gasteiger partial charge in [0.2, 0.25) is 0 Å². The van der Waals surface area contributed by atoms with E-state index in [0.29, 0.717) is 12.0 Å². The highest BCUT2D eigenvalue weighted by molar-refractivity contribution is 5.14. The number of ether oxygens (including phenoxy) is 1. The molecule has 0 saturated carbocycles. The Hall–Kier alpha value is -0.800. The maximum absolute atomic E-state index is 5.57. The zero-order chi connectivity index (χ0) is 12.7. The van der Waals surface area contributed by atoms with Crippen molar-refractivity contribution in [1.82, 2.24) is 9.88 Å². The van der Waals surface area contributed by atoms with Crippen LogP contribution in [0.25, 0.3) is 0 Å². The van der Waals surface area contributed by atoms with Gasteiger partial charge in [-0.3, -0.25) is 0 Å². The van der Waals surface area contributed by atoms with Gasteiger partial charge in [0.15, 0.2) is 0 Å². The zero-order valence-electron chi connectivity index (χ0n) is 11.6. The number of hydrogen-bond donors (Lipinski definition) is 1. The molecule has 1 N–H and O–H groups in total. The summed E-state index contributed by atoms with van der Waals surface area (Å²) in [6, 6.07) is 2.72. The standard InChI is InChI=1S/C14H26N2O/c1-12(2)14-5-7-16(11-14)8-10-17-9-6-15-13(3)4/h5,7,11-13,15H,6,8-10H2,1-4H3. The molecule has 0 radical (unpaired) electrons. The van der Waals surface area contributed by atoms with Crippen molar-refractivity contribution in [2.24, 2.45) is 0 Å². The molecule has 3 nitrogen and oxygen atoms in total. The highest BCUT2D eigenvalue weighted by Crippen LogP contribution is 2.13. The Labute approximate surface area is 105 Å². The maximum Gasteiger partial charge on any atom is 0.0646 e. The Morgan fingerprint density at radius 1 is 1.24 bits per heavy atom. The van der Waals surface area contributed by atoms with Gasteiger partial charge in [-0.25, -0.2) is 0 Å². The molecule has 0 amide bonds. The fraction of sp³-hybridized carbons (Fsp3) is 0.714. The molecule has 98 valence electrons. The molecule has 0 fully saturated rings. The van der Waals surface area contributed by atoms with Crippen LogP contribution in [0.4, 0.5) is 0 Å². The van der Waals surface area contributed by atoms with E-state index in [1.54, 1.807) is 0 Å². The average molecular weight is 238 g/mol. The van der Waals surface area contributed by atoms with Gasteiger partial charge >= 0.3 is 0 Å². The van der Waals surface area contributed by atoms with E-state index in [0.717, 1.165) is 26.3 Å². The third-order valence-corrected chi connectivity index (χ3v) is 2.73. The van der Waals surface area contributed by atoms with Gasteiger partial charge in [-0.1, -0.05) is 27.7 Å². The summed E-state index contributed by atoms with van der Waals surface area (Å²) in [7, 11) is 0. The van der Waals surface area contributed by atoms with Crippen LogP contribution in [0.2, 0.25) is 0 Å². The third-order valence-electron chi connectivity index (χ3n) is 2.73. The number of aromatic nitrogens is 1. The van der Waals surface area contributed by atoms with Crippen molar-refractivity contribution in [3.8, 4) is 0 Å². The summed E-state index contributed by atoms with van der Waals surface area (Å²) in [5.74, 6) is 0.604. The SMILES string of the molecule is CC(C)NCCOCCn1ccc(C(C)C)c1. The molecule has 0 aromatic carbocycles. The number of nitrogens with zero attached hydrogens (tertiary/aromatic N) is 1. The molecule has 1 aromatic rings. The van der Waals surface area contributed by atoms with Crippen molar-refractivity contribution in [3.05, 3.63) is 24.0 Å². The van der Waals surface area contributed by atoms with Crippen molar-refractivity contribution in [2.45, 2.75) is 46.2 Å². The molecule has 1 rings (SSSR count). The van der Waals surface area contributed by atoms with Gasteiger partial charge in [0, 0.05) is 31.5 Å². The van der Waals surface area contributed by atoms with Crippen LogP contribution in [0.5, 0.6) is 0 Å². The first-order valence-electron chi connectivity index (χ1n) is 6.56. The van der Waals surface area contributed by atoms with E-state index in [1.807, 2.05) is 0 Å². The minimum Gasteiger partial charge on any atom is -0.378 e. The van der Waals surface area contributed by atoms with Crippen LogP contribution < -0.4 is 5.32 Å². The van der Waals surface area contributed by atoms with E-state index < -0.39 is 0 Å². The molecule has 0 unspecified atom stereocenters. The van der Waals surface area contributed by atoms with Crippen LogP contribution in [0.15, 0.2) is 18.5 Å². The van der Waals surface area contributed by atoms with Gasteiger partial charge in [-0.15, -0.1) is 0 Å². The Morgan fingerprint density at radius 3 is 2.59 bits per heavy atom. The topological polar surface area (TPSA) is 26.2 Å². The molecular weight excluding hydrogens is 212 g/mol. The van der Waals surface area contributed by atoms with E-state index in [2.05, 4.69) is 56.0 Å². The van der Waals surface area contributed by atoms with Gasteiger partial charge < -0.3 is 14.6 Å². The van der Waals surface area contributed by atoms with Gasteiger partial charge in [-0.05, 0) is 17.5 Å². The quantitative estimate of drug-likeness (QED) is 0.705. The van der Waals surface area contributed by atoms with Crippen LogP contribution in [-0.2, 0) is 11.3 Å². The van der Waals surface area contributed by atoms with Crippen molar-refractivity contribution >= 4 is 0 Å². The third kappa shape index (κ3) is 5.89. The predicted molar refractivity (Wildman–Crippen MR) is 72.5 cm³/mol. The molecular formula is C14H26N2O. The summed E-state index contributed by atoms with van der Waals surface area (Å²) in [5.41, 5.74) is 1.39. The lowest BCUT2D eigenvalue weighted by Crippen LogP contribution is -2.27. The lowest BCUT2D eigenvalue weighted by molar-refractivity contribution is 0.126. The second kappa shape index (κ2) is 7.51. The first kappa shape index (κ1) is 14.3. The van der Waals surface area contributed by atoms with Crippen LogP contribution in [-0.4, -0.2) is 30.4 Å². The fourth-order valence-corrected chi connectivity index (χ4v) is 1.63. The Kier molecular flexibility index (Phi) is 6.30. The summed E-state index contributed by atoms with van der Waals surface area (Å²) in [6.45, 7) is 12.2. The lowest BCUT2D eigenvalue weighted by Gasteiger charge is -2.09. The molecule has 0 bridgehead atoms. The fourth-order valence-electron chi connectivity index (χ4n) is 1.63. The first-order chi connectivity index (χ1) is 8.09. The average Bonchev–Trinajstić information content (AvgIpc) is 2.71. The van der Waals surface area contributed by atoms with E-state index in [4.69, 9.17) is 4.74 Å². The van der Waals surface area contributed by atoms with Crippen LogP contribution in [0.3, 0.4) is 0 Å². The molecule has 3 heteroatoms. The van der Waals surface area contributed by atoms with E-state index in [1.165, 1.54) is 5.56 Å². The molecule has 1 heterocycles. The number of nitrogens with one attached hydrogen (secondary N) is 1. The molecule has 0 saturated heterocycles. The smallest absolute Gasteiger partial charge is 0.0646 e. The minimum atomic E-state index is 0.539. The highest BCUT2D eigenvalue weighted by Gasteiger charge is 2.00. The molecule has 0 aliphatic carbocycles. The van der Waals surface area contributed by atoms with Crippen molar-refractivity contribution in [2.75, 3.05) is 19.8 Å². The van der Waals surface area contributed by atoms with Crippen molar-refractivity contribution in [3.63, 3.8) is 0 Å². The van der Waals surface area contributed by atoms with Crippen LogP contribution in [0.1, 0.15) is 39.2 Å². The maximum atomic E-state index is 5.57. The summed E-state index contributed by atoms with van der Waals surface area (Å²) in [4.78, 5) is 0. The van der Waals surface area contributed by atoms with Crippen molar-refractivity contribution < 1.29 is 4.74 Å². The Balaban J connectivity index is 2.09. The summed E-state index contributed by atoms with van der Waals surface area (Å²) in [5, 5.41) is 3.33. The second-order valence-electron chi connectivity index (χ2n) is 5.06. The minimum absolute atomic E-state index is 0.539. The van der Waals surface area contributed by atoms with E-state index >= 15 is 0 Å². The molecule has 0 atom stereocenters. The largest absolute Gasteiger partial charge is 0.378 e. The lowest BCUT2D eigenvalue weighted by atomic mass is 10.1. The molecule has 17 heavy (non-hydrogen) atoms. The molecule has 0 spiro atoms. The summed E-state index contributed by atoms with van der Waals surface area (Å²) < 4.78 is 7.77. The Morgan fingerprint density at radius 2 is 2.00 bits per heavy atom. The summed E-state index contributed by atoms with van der Waals surface area (Å²) >= 11 is 0. The molecule has 0 aliphatic rings. The Bertz CT molecular complexity index is 305. The second-order valence-corrected chi connectivity index (χ2v) is 5.06. The monoisotopic (exact) mass is 238 g/mol. The van der Waals surface area contributed by atoms with Gasteiger partial charge in [0.1, 0.15) is 0 Å². The van der Waals surface area contributed by atoms with Crippen LogP contribution >= 0.6 is 0 Å². The van der Waals surface area contributed by atoms with Gasteiger partial charge in [0.25, 0.3) is 0 Å². The van der Waals surface area contributed by atoms with Gasteiger partial charge in [0.05, 0.1) is 13.2 Å². The highest BCUT2D eigenvalue weighted by atomic mass is 16.5. The van der Waals surface area contributed by atoms with Gasteiger partial charge in [-0.2, -0.15) is 0 Å². The van der Waals surface area contributed by atoms with Crippen LogP contribution in [0, 0.1) is 0 Å². The predicted octanol–water partition coefficient (Wildman–Crippen LogP) is 2.63.